The Morgan fingerprint density at radius 2 is 1.08 bits per heavy atom. The molecule has 0 aromatic heterocycles. The third kappa shape index (κ3) is 29.1. The summed E-state index contributed by atoms with van der Waals surface area (Å²) in [6.07, 6.45) is -28.8. The first-order chi connectivity index (χ1) is 52.7. The summed E-state index contributed by atoms with van der Waals surface area (Å²) in [4.78, 5) is 106. The third-order valence-corrected chi connectivity index (χ3v) is 21.4. The highest BCUT2D eigenvalue weighted by Crippen LogP contribution is 2.39. The molecule has 5 fully saturated rings. The van der Waals surface area contributed by atoms with Gasteiger partial charge in [0.1, 0.15) is 91.2 Å². The van der Waals surface area contributed by atoms with Gasteiger partial charge >= 0.3 is 5.97 Å². The van der Waals surface area contributed by atoms with Crippen molar-refractivity contribution in [2.45, 2.75) is 296 Å². The number of likely N-dealkylation sites (N-methyl/N-ethyl adjacent to an activating group) is 1. The van der Waals surface area contributed by atoms with Crippen molar-refractivity contribution in [1.82, 2.24) is 26.6 Å². The van der Waals surface area contributed by atoms with Crippen LogP contribution in [0.4, 0.5) is 0 Å². The van der Waals surface area contributed by atoms with Crippen LogP contribution in [0, 0.1) is 23.7 Å². The van der Waals surface area contributed by atoms with Crippen LogP contribution < -0.4 is 26.6 Å². The molecule has 5 heterocycles. The van der Waals surface area contributed by atoms with Crippen LogP contribution in [0.1, 0.15) is 143 Å². The van der Waals surface area contributed by atoms with Crippen LogP contribution >= 0.6 is 11.8 Å². The lowest BCUT2D eigenvalue weighted by atomic mass is 9.84. The van der Waals surface area contributed by atoms with E-state index in [2.05, 4.69) is 26.6 Å². The number of carbonyl (C=O) groups excluding carboxylic acids is 7. The number of ketones is 3. The number of rotatable bonds is 51. The summed E-state index contributed by atoms with van der Waals surface area (Å²) in [5.41, 5.74) is 0. The maximum Gasteiger partial charge on any atom is 0.364 e. The number of hydrogen-bond donors (Lipinski definition) is 21. The van der Waals surface area contributed by atoms with Crippen LogP contribution in [0.3, 0.4) is 0 Å². The minimum Gasteiger partial charge on any atom is -0.477 e. The number of aliphatic hydroxyl groups excluding tert-OH is 15. The number of Topliss-reactive ketones (excluding diaryl/α,β-unsaturated/α-hetero) is 3. The van der Waals surface area contributed by atoms with E-state index >= 15 is 0 Å². The van der Waals surface area contributed by atoms with Gasteiger partial charge in [0.2, 0.25) is 23.6 Å². The van der Waals surface area contributed by atoms with Crippen LogP contribution in [-0.2, 0) is 85.7 Å². The fourth-order valence-electron chi connectivity index (χ4n) is 13.8. The van der Waals surface area contributed by atoms with Crippen LogP contribution in [0.2, 0.25) is 0 Å². The number of carboxylic acids is 1. The molecule has 5 rings (SSSR count). The van der Waals surface area contributed by atoms with Crippen molar-refractivity contribution in [3.63, 3.8) is 0 Å². The largest absolute Gasteiger partial charge is 0.477 e. The van der Waals surface area contributed by atoms with E-state index in [0.717, 1.165) is 6.92 Å². The molecule has 5 aliphatic heterocycles. The van der Waals surface area contributed by atoms with Gasteiger partial charge < -0.3 is 156 Å². The van der Waals surface area contributed by atoms with Crippen LogP contribution in [-0.4, -0.2) is 360 Å². The monoisotopic (exact) mass is 1620 g/mol. The van der Waals surface area contributed by atoms with Gasteiger partial charge in [-0.3, -0.25) is 33.6 Å². The number of ether oxygens (including phenoxy) is 10. The summed E-state index contributed by atoms with van der Waals surface area (Å²) >= 11 is 1.32. The minimum absolute atomic E-state index is 0.00310. The fourth-order valence-corrected chi connectivity index (χ4v) is 14.2. The van der Waals surface area contributed by atoms with Gasteiger partial charge in [-0.25, -0.2) is 4.79 Å². The Labute approximate surface area is 648 Å². The number of aliphatic hydroxyl groups is 15. The molecule has 0 saturated carbocycles. The second kappa shape index (κ2) is 49.0. The maximum atomic E-state index is 14.9. The van der Waals surface area contributed by atoms with Gasteiger partial charge in [0, 0.05) is 88.9 Å². The van der Waals surface area contributed by atoms with Crippen LogP contribution in [0.15, 0.2) is 0 Å². The zero-order chi connectivity index (χ0) is 82.4. The SMILES string of the molecule is CN[C@@H](CCCCO[C@H]1OC(COC2(C(=O)O)CC(O)[C@@H](C)[C@H]([C@H](O)[C@H](O)CO)O2)[C@H](O)[C@H](O)C1C)C(=O)C[C@@H](CCCCO[C@H]1OC(CO)[C@H](O)[C@H](O[C@@H]2OC(CO)[C@H](O)[C@H](O)C2O)C1NC(C)=O)C(=O)N[C@@H](CCCCO[C@H]1OC(CO)[C@H](O)[C@H](O)C1C)C(=O)CCCCCC(=O)CCC(=O)NCNC(=O)CSC. The second-order valence-corrected chi connectivity index (χ2v) is 30.1. The van der Waals surface area contributed by atoms with E-state index in [0.29, 0.717) is 32.1 Å². The topological polar surface area (TPSA) is 613 Å². The predicted octanol–water partition coefficient (Wildman–Crippen LogP) is -6.16. The standard InChI is InChI=1S/C71H123N5O34S/c1-35-45(85)27-71(70(99)100,110-63(35)56(91)46(86)28-77)104-32-50-59(94)55(90)37(3)67(108-50)102-23-14-11-18-41(72-5)44(84)26-39(16-10-13-25-103-68-53(75-38(4)81)64(60(95)49(31-80)106-68)109-69-62(97)61(96)58(93)48(30-79)107-69)65(98)76-42(19-12-15-24-101-66-36(2)54(89)57(92)47(29-78)105-66)43(83)20-9-7-8-17-40(82)21-22-51(87)73-34-74-52(88)33-111-6/h35-37,39,41-42,45-50,53-64,66-69,72,77-80,85-86,89-97H,7-34H2,1-6H3,(H,73,87)(H,74,88)(H,75,81)(H,76,98)(H,99,100)/t35-,36?,37?,39-,41+,42+,45?,46-,47?,48?,49?,50?,53?,54-,55-,56-,57+,58+,59+,60+,61+,62?,63-,64-,66+,67+,68+,69+,71?/m1/s1. The summed E-state index contributed by atoms with van der Waals surface area (Å²) in [6.45, 7) is 1.50. The van der Waals surface area contributed by atoms with E-state index in [1.807, 2.05) is 0 Å². The molecule has 0 aromatic rings. The smallest absolute Gasteiger partial charge is 0.364 e. The molecule has 5 saturated heterocycles. The lowest BCUT2D eigenvalue weighted by molar-refractivity contribution is -0.344. The number of amides is 4. The zero-order valence-electron chi connectivity index (χ0n) is 63.9. The van der Waals surface area contributed by atoms with E-state index in [4.69, 9.17) is 47.4 Å². The van der Waals surface area contributed by atoms with Crippen molar-refractivity contribution in [3.8, 4) is 0 Å². The van der Waals surface area contributed by atoms with E-state index < -0.39 is 245 Å². The van der Waals surface area contributed by atoms with Gasteiger partial charge in [-0.2, -0.15) is 11.8 Å². The molecule has 5 aliphatic rings. The number of nitrogens with one attached hydrogen (secondary N) is 5. The minimum atomic E-state index is -2.65. The highest BCUT2D eigenvalue weighted by atomic mass is 32.2. The van der Waals surface area contributed by atoms with Crippen molar-refractivity contribution < 1.29 is 167 Å². The molecule has 39 nitrogen and oxygen atoms in total. The summed E-state index contributed by atoms with van der Waals surface area (Å²) < 4.78 is 58.5. The first-order valence-corrected chi connectivity index (χ1v) is 39.6. The second-order valence-electron chi connectivity index (χ2n) is 29.3. The van der Waals surface area contributed by atoms with Gasteiger partial charge in [-0.1, -0.05) is 33.6 Å². The summed E-state index contributed by atoms with van der Waals surface area (Å²) in [6, 6.07) is -3.40. The third-order valence-electron chi connectivity index (χ3n) is 20.9. The Bertz CT molecular complexity index is 2830. The average Bonchev–Trinajstić information content (AvgIpc) is 0.777. The lowest BCUT2D eigenvalue weighted by Gasteiger charge is -2.47. The van der Waals surface area contributed by atoms with Crippen molar-refractivity contribution in [3.05, 3.63) is 0 Å². The molecule has 0 spiro atoms. The molecule has 40 heteroatoms. The van der Waals surface area contributed by atoms with E-state index in [1.165, 1.54) is 32.7 Å². The summed E-state index contributed by atoms with van der Waals surface area (Å²) in [5, 5.41) is 181. The summed E-state index contributed by atoms with van der Waals surface area (Å²) in [7, 11) is 1.54. The number of carbonyl (C=O) groups is 8. The fraction of sp³-hybridized carbons (Fsp3) is 0.887. The molecule has 0 aromatic carbocycles. The maximum absolute atomic E-state index is 14.9. The first-order valence-electron chi connectivity index (χ1n) is 38.2. The van der Waals surface area contributed by atoms with Crippen LogP contribution in [0.5, 0.6) is 0 Å². The van der Waals surface area contributed by atoms with Gasteiger partial charge in [0.15, 0.2) is 36.7 Å². The highest BCUT2D eigenvalue weighted by molar-refractivity contribution is 7.99. The summed E-state index contributed by atoms with van der Waals surface area (Å²) in [5.74, 6) is -10.8. The molecule has 21 N–H and O–H groups in total. The number of carboxylic acid groups (broad SMARTS) is 1. The predicted molar refractivity (Wildman–Crippen MR) is 384 cm³/mol. The van der Waals surface area contributed by atoms with Crippen molar-refractivity contribution >= 4 is 58.7 Å². The van der Waals surface area contributed by atoms with Crippen molar-refractivity contribution in [2.75, 3.05) is 78.6 Å². The van der Waals surface area contributed by atoms with Gasteiger partial charge in [-0.15, -0.1) is 0 Å². The number of unbranched alkanes of at least 4 members (excludes halogenated alkanes) is 5. The van der Waals surface area contributed by atoms with Gasteiger partial charge in [-0.05, 0) is 77.5 Å². The number of aliphatic carboxylic acids is 1. The lowest BCUT2D eigenvalue weighted by Crippen LogP contribution is -2.68. The molecule has 111 heavy (non-hydrogen) atoms. The van der Waals surface area contributed by atoms with Crippen LogP contribution in [0.25, 0.3) is 0 Å². The Hall–Kier alpha value is -4.33. The molecular formula is C71H123N5O34S. The molecule has 4 amide bonds. The van der Waals surface area contributed by atoms with Crippen molar-refractivity contribution in [2.24, 2.45) is 23.7 Å². The highest BCUT2D eigenvalue weighted by Gasteiger charge is 2.56. The van der Waals surface area contributed by atoms with Gasteiger partial charge in [0.05, 0.1) is 82.0 Å². The Morgan fingerprint density at radius 1 is 0.559 bits per heavy atom. The Morgan fingerprint density at radius 3 is 1.65 bits per heavy atom. The molecular weight excluding hydrogens is 1500 g/mol. The quantitative estimate of drug-likeness (QED) is 0.0199. The molecule has 29 atom stereocenters. The number of hydrogen-bond acceptors (Lipinski definition) is 35. The molecule has 0 bridgehead atoms. The van der Waals surface area contributed by atoms with Gasteiger partial charge in [0.25, 0.3) is 5.79 Å². The number of thioether (sulfide) groups is 1. The zero-order valence-corrected chi connectivity index (χ0v) is 64.7. The average molecular weight is 1620 g/mol. The molecule has 0 radical (unpaired) electrons. The van der Waals surface area contributed by atoms with E-state index in [1.54, 1.807) is 13.2 Å². The normalized spacial score (nSPS) is 33.8. The molecule has 0 aliphatic carbocycles. The van der Waals surface area contributed by atoms with Crippen molar-refractivity contribution in [1.29, 1.82) is 0 Å². The molecule has 10 unspecified atom stereocenters. The Balaban J connectivity index is 1.30. The molecule has 642 valence electrons. The Kier molecular flexibility index (Phi) is 43.0. The van der Waals surface area contributed by atoms with E-state index in [-0.39, 0.29) is 127 Å². The first kappa shape index (κ1) is 97.2. The van der Waals surface area contributed by atoms with E-state index in [9.17, 15) is 120 Å².